The highest BCUT2D eigenvalue weighted by atomic mass is 16.5. The highest BCUT2D eigenvalue weighted by Gasteiger charge is 2.30. The SMILES string of the molecule is C=C(C)COc1ccc([C@H](CC(=O)OC)c2c(O)cc(O)c3c(=O)c(O)c(-c4ccc(O)c(O)c4)oc23)cc1OC. The predicted octanol–water partition coefficient (Wildman–Crippen LogP) is 4.65. The predicted molar refractivity (Wildman–Crippen MR) is 148 cm³/mol. The van der Waals surface area contributed by atoms with Crippen molar-refractivity contribution in [3.05, 3.63) is 76.0 Å². The summed E-state index contributed by atoms with van der Waals surface area (Å²) in [6.07, 6.45) is -0.334. The maximum absolute atomic E-state index is 13.3. The number of rotatable bonds is 9. The Bertz CT molecular complexity index is 1720. The summed E-state index contributed by atoms with van der Waals surface area (Å²) < 4.78 is 22.0. The minimum absolute atomic E-state index is 0.00998. The maximum atomic E-state index is 13.3. The van der Waals surface area contributed by atoms with Crippen LogP contribution < -0.4 is 14.9 Å². The number of fused-ring (bicyclic) bond motifs is 1. The second-order valence-electron chi connectivity index (χ2n) is 9.33. The largest absolute Gasteiger partial charge is 0.507 e. The fourth-order valence-corrected chi connectivity index (χ4v) is 4.40. The fourth-order valence-electron chi connectivity index (χ4n) is 4.40. The van der Waals surface area contributed by atoms with Gasteiger partial charge in [-0.25, -0.2) is 0 Å². The van der Waals surface area contributed by atoms with Gasteiger partial charge >= 0.3 is 5.97 Å². The Balaban J connectivity index is 2.02. The lowest BCUT2D eigenvalue weighted by atomic mass is 9.86. The van der Waals surface area contributed by atoms with E-state index < -0.39 is 57.2 Å². The standard InChI is InChI=1S/C30H28O11/c1-14(2)13-40-22-8-6-15(10-23(22)38-3)17(11-24(35)39-4)25-20(33)12-21(34)26-27(36)28(37)29(41-30(25)26)16-5-7-18(31)19(32)9-16/h5-10,12,17,31-34,37H,1,11,13H2,2-4H3/t17-/m0/s1. The Morgan fingerprint density at radius 1 is 0.927 bits per heavy atom. The maximum Gasteiger partial charge on any atom is 0.306 e. The molecule has 0 bridgehead atoms. The fraction of sp³-hybridized carbons (Fsp3) is 0.200. The summed E-state index contributed by atoms with van der Waals surface area (Å²) in [5.41, 5.74) is -0.222. The number of carbonyl (C=O) groups excluding carboxylic acids is 1. The van der Waals surface area contributed by atoms with Gasteiger partial charge in [-0.2, -0.15) is 0 Å². The first kappa shape index (κ1) is 28.7. The number of esters is 1. The number of methoxy groups -OCH3 is 2. The zero-order chi connectivity index (χ0) is 30.0. The molecule has 41 heavy (non-hydrogen) atoms. The molecule has 1 aromatic heterocycles. The second-order valence-corrected chi connectivity index (χ2v) is 9.33. The quantitative estimate of drug-likeness (QED) is 0.109. The number of benzene rings is 3. The molecule has 0 aliphatic heterocycles. The van der Waals surface area contributed by atoms with Gasteiger partial charge in [0.15, 0.2) is 28.8 Å². The molecule has 214 valence electrons. The van der Waals surface area contributed by atoms with Crippen LogP contribution in [0.5, 0.6) is 40.2 Å². The van der Waals surface area contributed by atoms with Crippen molar-refractivity contribution in [2.75, 3.05) is 20.8 Å². The molecule has 5 N–H and O–H groups in total. The Morgan fingerprint density at radius 3 is 2.29 bits per heavy atom. The van der Waals surface area contributed by atoms with Gasteiger partial charge in [-0.1, -0.05) is 12.6 Å². The van der Waals surface area contributed by atoms with Crippen LogP contribution in [-0.2, 0) is 9.53 Å². The number of hydrogen-bond acceptors (Lipinski definition) is 11. The zero-order valence-electron chi connectivity index (χ0n) is 22.4. The molecular weight excluding hydrogens is 536 g/mol. The lowest BCUT2D eigenvalue weighted by Gasteiger charge is -2.22. The van der Waals surface area contributed by atoms with E-state index in [1.54, 1.807) is 25.1 Å². The minimum atomic E-state index is -1.04. The highest BCUT2D eigenvalue weighted by molar-refractivity contribution is 5.92. The van der Waals surface area contributed by atoms with Crippen molar-refractivity contribution in [1.29, 1.82) is 0 Å². The van der Waals surface area contributed by atoms with Gasteiger partial charge in [-0.15, -0.1) is 0 Å². The normalized spacial score (nSPS) is 11.7. The van der Waals surface area contributed by atoms with Crippen LogP contribution in [0, 0.1) is 0 Å². The Morgan fingerprint density at radius 2 is 1.66 bits per heavy atom. The van der Waals surface area contributed by atoms with Crippen LogP contribution in [0.4, 0.5) is 0 Å². The monoisotopic (exact) mass is 564 g/mol. The lowest BCUT2D eigenvalue weighted by Crippen LogP contribution is -2.13. The van der Waals surface area contributed by atoms with Gasteiger partial charge in [-0.3, -0.25) is 9.59 Å². The zero-order valence-corrected chi connectivity index (χ0v) is 22.4. The minimum Gasteiger partial charge on any atom is -0.507 e. The molecule has 0 aliphatic rings. The average Bonchev–Trinajstić information content (AvgIpc) is 2.94. The Kier molecular flexibility index (Phi) is 7.99. The molecule has 0 aliphatic carbocycles. The summed E-state index contributed by atoms with van der Waals surface area (Å²) in [5, 5.41) is 51.5. The van der Waals surface area contributed by atoms with E-state index in [9.17, 15) is 35.1 Å². The second kappa shape index (κ2) is 11.4. The van der Waals surface area contributed by atoms with Gasteiger partial charge in [0.05, 0.1) is 20.6 Å². The molecule has 4 rings (SSSR count). The van der Waals surface area contributed by atoms with Gasteiger partial charge in [0.2, 0.25) is 11.2 Å². The van der Waals surface area contributed by atoms with Crippen molar-refractivity contribution >= 4 is 16.9 Å². The van der Waals surface area contributed by atoms with E-state index in [0.717, 1.165) is 23.8 Å². The van der Waals surface area contributed by atoms with Crippen molar-refractivity contribution in [2.24, 2.45) is 0 Å². The average molecular weight is 565 g/mol. The molecule has 1 heterocycles. The number of carbonyl (C=O) groups is 1. The van der Waals surface area contributed by atoms with E-state index in [2.05, 4.69) is 6.58 Å². The van der Waals surface area contributed by atoms with E-state index >= 15 is 0 Å². The molecule has 11 nitrogen and oxygen atoms in total. The van der Waals surface area contributed by atoms with Gasteiger partial charge < -0.3 is 44.2 Å². The Hall–Kier alpha value is -5.32. The van der Waals surface area contributed by atoms with E-state index in [0.29, 0.717) is 17.1 Å². The van der Waals surface area contributed by atoms with Crippen LogP contribution in [0.2, 0.25) is 0 Å². The number of ether oxygens (including phenoxy) is 3. The van der Waals surface area contributed by atoms with E-state index in [1.165, 1.54) is 20.3 Å². The molecule has 1 atom stereocenters. The van der Waals surface area contributed by atoms with Crippen LogP contribution in [0.3, 0.4) is 0 Å². The molecule has 0 spiro atoms. The molecule has 0 amide bonds. The first-order valence-electron chi connectivity index (χ1n) is 12.3. The summed E-state index contributed by atoms with van der Waals surface area (Å²) in [5.74, 6) is -4.47. The molecule has 3 aromatic carbocycles. The molecule has 0 unspecified atom stereocenters. The first-order valence-corrected chi connectivity index (χ1v) is 12.3. The van der Waals surface area contributed by atoms with Crippen molar-refractivity contribution in [2.45, 2.75) is 19.3 Å². The van der Waals surface area contributed by atoms with Crippen LogP contribution in [0.25, 0.3) is 22.3 Å². The van der Waals surface area contributed by atoms with E-state index in [1.807, 2.05) is 0 Å². The molecule has 0 saturated carbocycles. The van der Waals surface area contributed by atoms with Crippen molar-refractivity contribution in [3.63, 3.8) is 0 Å². The van der Waals surface area contributed by atoms with Gasteiger partial charge in [0.1, 0.15) is 29.1 Å². The lowest BCUT2D eigenvalue weighted by molar-refractivity contribution is -0.140. The first-order chi connectivity index (χ1) is 19.5. The van der Waals surface area contributed by atoms with Crippen molar-refractivity contribution in [1.82, 2.24) is 0 Å². The number of phenolic OH excluding ortho intramolecular Hbond substituents is 4. The Labute approximate surface area is 233 Å². The van der Waals surface area contributed by atoms with Crippen molar-refractivity contribution in [3.8, 4) is 51.6 Å². The summed E-state index contributed by atoms with van der Waals surface area (Å²) in [6.45, 7) is 5.83. The number of hydrogen-bond donors (Lipinski definition) is 5. The molecule has 0 fully saturated rings. The molecule has 0 radical (unpaired) electrons. The van der Waals surface area contributed by atoms with Crippen molar-refractivity contribution < 1.29 is 49.0 Å². The molecule has 0 saturated heterocycles. The summed E-state index contributed by atoms with van der Waals surface area (Å²) in [4.78, 5) is 25.8. The highest BCUT2D eigenvalue weighted by Crippen LogP contribution is 2.46. The summed E-state index contributed by atoms with van der Waals surface area (Å²) in [6, 6.07) is 9.18. The smallest absolute Gasteiger partial charge is 0.306 e. The van der Waals surface area contributed by atoms with E-state index in [-0.39, 0.29) is 29.7 Å². The molecular formula is C30H28O11. The van der Waals surface area contributed by atoms with Gasteiger partial charge in [-0.05, 0) is 48.4 Å². The third-order valence-electron chi connectivity index (χ3n) is 6.39. The van der Waals surface area contributed by atoms with Crippen LogP contribution >= 0.6 is 0 Å². The van der Waals surface area contributed by atoms with Crippen LogP contribution in [0.1, 0.15) is 30.4 Å². The molecule has 4 aromatic rings. The van der Waals surface area contributed by atoms with Gasteiger partial charge in [0.25, 0.3) is 0 Å². The van der Waals surface area contributed by atoms with Crippen LogP contribution in [-0.4, -0.2) is 52.3 Å². The summed E-state index contributed by atoms with van der Waals surface area (Å²) >= 11 is 0. The van der Waals surface area contributed by atoms with Crippen LogP contribution in [0.15, 0.2) is 63.8 Å². The third-order valence-corrected chi connectivity index (χ3v) is 6.39. The molecule has 11 heteroatoms. The number of phenols is 4. The van der Waals surface area contributed by atoms with Gasteiger partial charge in [0, 0.05) is 23.1 Å². The topological polar surface area (TPSA) is 176 Å². The summed E-state index contributed by atoms with van der Waals surface area (Å²) in [7, 11) is 2.62. The number of aromatic hydroxyl groups is 5. The van der Waals surface area contributed by atoms with E-state index in [4.69, 9.17) is 18.6 Å². The third kappa shape index (κ3) is 5.55.